The van der Waals surface area contributed by atoms with Gasteiger partial charge in [0.1, 0.15) is 35.5 Å². The Hall–Kier alpha value is -4.66. The lowest BCUT2D eigenvalue weighted by molar-refractivity contribution is -0.138. The molecule has 0 fully saturated rings. The third-order valence-electron chi connectivity index (χ3n) is 7.81. The van der Waals surface area contributed by atoms with E-state index in [1.807, 2.05) is 43.3 Å². The Morgan fingerprint density at radius 3 is 2.40 bits per heavy atom. The Balaban J connectivity index is 1.25. The molecule has 0 aromatic heterocycles. The second kappa shape index (κ2) is 19.1. The largest absolute Gasteiger partial charge is 0.494 e. The van der Waals surface area contributed by atoms with Gasteiger partial charge in [-0.1, -0.05) is 48.8 Å². The van der Waals surface area contributed by atoms with Crippen LogP contribution in [0.3, 0.4) is 0 Å². The number of unbranched alkanes of at least 4 members (excludes halogenated alkanes) is 3. The van der Waals surface area contributed by atoms with Crippen LogP contribution in [0, 0.1) is 0 Å². The zero-order chi connectivity index (χ0) is 33.3. The molecule has 1 aliphatic carbocycles. The van der Waals surface area contributed by atoms with E-state index < -0.39 is 11.9 Å². The van der Waals surface area contributed by atoms with Gasteiger partial charge >= 0.3 is 11.9 Å². The molecule has 252 valence electrons. The zero-order valence-corrected chi connectivity index (χ0v) is 27.2. The van der Waals surface area contributed by atoms with E-state index >= 15 is 0 Å². The molecule has 9 nitrogen and oxygen atoms in total. The molecule has 2 aromatic carbocycles. The first-order chi connectivity index (χ1) is 22.9. The standard InChI is InChI=1S/C38H46O9/c1-2-44-31-23-30(36-27-43-26-33(47-36)22-28-12-6-5-7-13-28)24-32(25-31)45-20-9-4-3-8-14-29-15-10-16-35(34(29)18-19-38(41)42)46-21-11-17-37(39)40/h5-6,10,12,15-16,23-27H,2-4,7-9,11,13-14,17-22H2,1H3,(H,39,40)(H,41,42). The van der Waals surface area contributed by atoms with Gasteiger partial charge in [-0.05, 0) is 81.2 Å². The average Bonchev–Trinajstić information content (AvgIpc) is 3.06. The second-order valence-corrected chi connectivity index (χ2v) is 11.5. The van der Waals surface area contributed by atoms with Crippen LogP contribution in [-0.2, 0) is 31.9 Å². The van der Waals surface area contributed by atoms with Gasteiger partial charge in [0.2, 0.25) is 0 Å². The highest BCUT2D eigenvalue weighted by molar-refractivity contribution is 5.67. The molecule has 2 aliphatic rings. The normalized spacial score (nSPS) is 13.9. The molecule has 1 aliphatic heterocycles. The molecule has 9 heteroatoms. The van der Waals surface area contributed by atoms with Crippen molar-refractivity contribution >= 4 is 17.7 Å². The maximum absolute atomic E-state index is 11.3. The van der Waals surface area contributed by atoms with E-state index in [1.165, 1.54) is 5.57 Å². The van der Waals surface area contributed by atoms with Crippen molar-refractivity contribution in [3.63, 3.8) is 0 Å². The van der Waals surface area contributed by atoms with E-state index in [-0.39, 0.29) is 19.4 Å². The van der Waals surface area contributed by atoms with Crippen LogP contribution >= 0.6 is 0 Å². The van der Waals surface area contributed by atoms with Gasteiger partial charge in [0, 0.05) is 30.9 Å². The van der Waals surface area contributed by atoms with E-state index in [2.05, 4.69) is 18.2 Å². The summed E-state index contributed by atoms with van der Waals surface area (Å²) in [6.45, 7) is 3.31. The fourth-order valence-corrected chi connectivity index (χ4v) is 5.50. The molecule has 0 atom stereocenters. The zero-order valence-electron chi connectivity index (χ0n) is 27.2. The number of carboxylic acid groups (broad SMARTS) is 2. The molecule has 0 radical (unpaired) electrons. The lowest BCUT2D eigenvalue weighted by Gasteiger charge is -2.19. The van der Waals surface area contributed by atoms with Crippen LogP contribution in [0.15, 0.2) is 78.5 Å². The van der Waals surface area contributed by atoms with Crippen LogP contribution in [0.5, 0.6) is 17.2 Å². The van der Waals surface area contributed by atoms with Crippen LogP contribution < -0.4 is 14.2 Å². The van der Waals surface area contributed by atoms with Gasteiger partial charge in [-0.3, -0.25) is 9.59 Å². The van der Waals surface area contributed by atoms with Crippen LogP contribution in [-0.4, -0.2) is 42.0 Å². The van der Waals surface area contributed by atoms with Crippen LogP contribution in [0.2, 0.25) is 0 Å². The lowest BCUT2D eigenvalue weighted by Crippen LogP contribution is -2.07. The number of allylic oxidation sites excluding steroid dienone is 4. The second-order valence-electron chi connectivity index (χ2n) is 11.5. The topological polar surface area (TPSA) is 121 Å². The van der Waals surface area contributed by atoms with E-state index in [9.17, 15) is 14.7 Å². The van der Waals surface area contributed by atoms with Crippen molar-refractivity contribution in [2.24, 2.45) is 0 Å². The van der Waals surface area contributed by atoms with Crippen LogP contribution in [0.25, 0.3) is 5.76 Å². The van der Waals surface area contributed by atoms with Gasteiger partial charge in [0.25, 0.3) is 0 Å². The third kappa shape index (κ3) is 12.2. The van der Waals surface area contributed by atoms with E-state index in [0.29, 0.717) is 55.5 Å². The first kappa shape index (κ1) is 35.2. The van der Waals surface area contributed by atoms with Crippen molar-refractivity contribution in [2.45, 2.75) is 84.0 Å². The number of ether oxygens (including phenoxy) is 5. The Labute approximate surface area is 277 Å². The molecule has 0 spiro atoms. The lowest BCUT2D eigenvalue weighted by atomic mass is 9.97. The highest BCUT2D eigenvalue weighted by Gasteiger charge is 2.17. The molecule has 0 saturated carbocycles. The summed E-state index contributed by atoms with van der Waals surface area (Å²) in [5.41, 5.74) is 4.10. The van der Waals surface area contributed by atoms with E-state index in [4.69, 9.17) is 28.8 Å². The van der Waals surface area contributed by atoms with Crippen molar-refractivity contribution in [3.05, 3.63) is 95.2 Å². The molecule has 0 amide bonds. The number of rotatable bonds is 21. The Bertz CT molecular complexity index is 1470. The molecule has 4 rings (SSSR count). The van der Waals surface area contributed by atoms with Crippen molar-refractivity contribution in [1.82, 2.24) is 0 Å². The monoisotopic (exact) mass is 646 g/mol. The Morgan fingerprint density at radius 2 is 1.64 bits per heavy atom. The predicted molar refractivity (Wildman–Crippen MR) is 179 cm³/mol. The summed E-state index contributed by atoms with van der Waals surface area (Å²) in [4.78, 5) is 22.1. The average molecular weight is 647 g/mol. The molecular formula is C38H46O9. The summed E-state index contributed by atoms with van der Waals surface area (Å²) in [5, 5.41) is 18.1. The number of hydrogen-bond acceptors (Lipinski definition) is 7. The third-order valence-corrected chi connectivity index (χ3v) is 7.81. The molecule has 47 heavy (non-hydrogen) atoms. The molecular weight excluding hydrogens is 600 g/mol. The molecule has 0 unspecified atom stereocenters. The van der Waals surface area contributed by atoms with Gasteiger partial charge in [-0.15, -0.1) is 0 Å². The predicted octanol–water partition coefficient (Wildman–Crippen LogP) is 8.38. The summed E-state index contributed by atoms with van der Waals surface area (Å²) < 4.78 is 29.7. The maximum atomic E-state index is 11.3. The summed E-state index contributed by atoms with van der Waals surface area (Å²) >= 11 is 0. The minimum Gasteiger partial charge on any atom is -0.494 e. The number of hydrogen-bond donors (Lipinski definition) is 2. The van der Waals surface area contributed by atoms with Crippen molar-refractivity contribution in [3.8, 4) is 17.2 Å². The minimum absolute atomic E-state index is 0.0104. The summed E-state index contributed by atoms with van der Waals surface area (Å²) in [6, 6.07) is 11.5. The number of aliphatic carboxylic acids is 2. The highest BCUT2D eigenvalue weighted by atomic mass is 16.5. The van der Waals surface area contributed by atoms with Crippen molar-refractivity contribution in [1.29, 1.82) is 0 Å². The smallest absolute Gasteiger partial charge is 0.303 e. The first-order valence-electron chi connectivity index (χ1n) is 16.6. The van der Waals surface area contributed by atoms with Gasteiger partial charge in [0.15, 0.2) is 5.76 Å². The molecule has 1 heterocycles. The minimum atomic E-state index is -0.864. The number of carbonyl (C=O) groups is 2. The van der Waals surface area contributed by atoms with Crippen molar-refractivity contribution in [2.75, 3.05) is 19.8 Å². The van der Waals surface area contributed by atoms with Crippen LogP contribution in [0.1, 0.15) is 87.8 Å². The van der Waals surface area contributed by atoms with Crippen LogP contribution in [0.4, 0.5) is 0 Å². The van der Waals surface area contributed by atoms with Gasteiger partial charge in [0.05, 0.1) is 19.8 Å². The summed E-state index contributed by atoms with van der Waals surface area (Å²) in [7, 11) is 0. The Kier molecular flexibility index (Phi) is 14.3. The highest BCUT2D eigenvalue weighted by Crippen LogP contribution is 2.33. The number of benzene rings is 2. The fourth-order valence-electron chi connectivity index (χ4n) is 5.50. The number of aryl methyl sites for hydroxylation is 1. The van der Waals surface area contributed by atoms with Crippen molar-refractivity contribution < 1.29 is 43.5 Å². The SMILES string of the molecule is CCOc1cc(OCCCCCCc2cccc(OCCCC(=O)O)c2CCC(=O)O)cc(C2=COC=C(CC3=CC=CCC3)O2)c1. The summed E-state index contributed by atoms with van der Waals surface area (Å²) in [5.74, 6) is 1.69. The fraction of sp³-hybridized carbons (Fsp3) is 0.421. The molecule has 2 N–H and O–H groups in total. The Morgan fingerprint density at radius 1 is 0.851 bits per heavy atom. The van der Waals surface area contributed by atoms with Gasteiger partial charge in [-0.25, -0.2) is 0 Å². The quantitative estimate of drug-likeness (QED) is 0.129. The van der Waals surface area contributed by atoms with Gasteiger partial charge < -0.3 is 33.9 Å². The van der Waals surface area contributed by atoms with E-state index in [1.54, 1.807) is 12.5 Å². The van der Waals surface area contributed by atoms with E-state index in [0.717, 1.165) is 67.4 Å². The molecule has 2 aromatic rings. The molecule has 0 bridgehead atoms. The van der Waals surface area contributed by atoms with Gasteiger partial charge in [-0.2, -0.15) is 0 Å². The first-order valence-corrected chi connectivity index (χ1v) is 16.6. The molecule has 0 saturated heterocycles. The maximum Gasteiger partial charge on any atom is 0.303 e. The number of carboxylic acids is 2. The summed E-state index contributed by atoms with van der Waals surface area (Å²) in [6.07, 6.45) is 17.8.